The highest BCUT2D eigenvalue weighted by Gasteiger charge is 2.18. The second-order valence-electron chi connectivity index (χ2n) is 6.18. The summed E-state index contributed by atoms with van der Waals surface area (Å²) in [5.41, 5.74) is 5.77. The molecule has 31 heavy (non-hydrogen) atoms. The second-order valence-corrected chi connectivity index (χ2v) is 7.53. The quantitative estimate of drug-likeness (QED) is 0.306. The minimum absolute atomic E-state index is 0.0179. The Morgan fingerprint density at radius 1 is 1.16 bits per heavy atom. The molecule has 0 aliphatic rings. The number of nitrogens with zero attached hydrogens (tertiary/aromatic N) is 3. The maximum atomic E-state index is 12.2. The zero-order chi connectivity index (χ0) is 22.2. The van der Waals surface area contributed by atoms with Gasteiger partial charge in [-0.05, 0) is 24.3 Å². The summed E-state index contributed by atoms with van der Waals surface area (Å²) in [6.45, 7) is 4.23. The van der Waals surface area contributed by atoms with Crippen LogP contribution in [0.3, 0.4) is 0 Å². The summed E-state index contributed by atoms with van der Waals surface area (Å²) in [7, 11) is 1.59. The summed E-state index contributed by atoms with van der Waals surface area (Å²) in [4.78, 5) is 24.3. The lowest BCUT2D eigenvalue weighted by atomic mass is 10.2. The Morgan fingerprint density at radius 2 is 1.90 bits per heavy atom. The van der Waals surface area contributed by atoms with Crippen molar-refractivity contribution in [2.75, 3.05) is 12.9 Å². The Hall–Kier alpha value is -3.30. The van der Waals surface area contributed by atoms with Crippen LogP contribution in [0.15, 0.2) is 66.3 Å². The highest BCUT2D eigenvalue weighted by molar-refractivity contribution is 7.99. The lowest BCUT2D eigenvalue weighted by molar-refractivity contribution is -0.119. The summed E-state index contributed by atoms with van der Waals surface area (Å²) in [5.74, 6) is 0.378. The molecule has 3 aromatic rings. The molecule has 0 aliphatic carbocycles. The molecule has 3 rings (SSSR count). The monoisotopic (exact) mass is 457 g/mol. The Labute approximate surface area is 188 Å². The third-order valence-corrected chi connectivity index (χ3v) is 5.44. The lowest BCUT2D eigenvalue weighted by Gasteiger charge is -2.11. The number of carbonyl (C=O) groups excluding carboxylic acids is 2. The van der Waals surface area contributed by atoms with Crippen molar-refractivity contribution in [1.82, 2.24) is 25.6 Å². The molecule has 2 amide bonds. The van der Waals surface area contributed by atoms with Gasteiger partial charge in [-0.25, -0.2) is 0 Å². The van der Waals surface area contributed by atoms with Crippen LogP contribution in [-0.4, -0.2) is 39.4 Å². The van der Waals surface area contributed by atoms with Crippen LogP contribution >= 0.6 is 23.4 Å². The van der Waals surface area contributed by atoms with Crippen LogP contribution < -0.4 is 15.6 Å². The largest absolute Gasteiger partial charge is 0.496 e. The zero-order valence-corrected chi connectivity index (χ0v) is 18.2. The van der Waals surface area contributed by atoms with Crippen LogP contribution in [0.2, 0.25) is 5.02 Å². The number of methoxy groups -OCH3 is 1. The van der Waals surface area contributed by atoms with Gasteiger partial charge in [0.1, 0.15) is 5.75 Å². The maximum absolute atomic E-state index is 12.2. The van der Waals surface area contributed by atoms with Crippen LogP contribution in [-0.2, 0) is 11.3 Å². The van der Waals surface area contributed by atoms with Gasteiger partial charge < -0.3 is 4.74 Å². The fourth-order valence-electron chi connectivity index (χ4n) is 2.72. The van der Waals surface area contributed by atoms with Gasteiger partial charge in [0.05, 0.1) is 29.0 Å². The van der Waals surface area contributed by atoms with Crippen LogP contribution in [0.5, 0.6) is 5.75 Å². The number of hydrogen-bond donors (Lipinski definition) is 2. The molecule has 0 radical (unpaired) electrons. The van der Waals surface area contributed by atoms with E-state index in [4.69, 9.17) is 16.3 Å². The van der Waals surface area contributed by atoms with Gasteiger partial charge in [-0.2, -0.15) is 0 Å². The number of carbonyl (C=O) groups is 2. The molecule has 1 aromatic heterocycles. The molecular formula is C21H20ClN5O3S. The van der Waals surface area contributed by atoms with Gasteiger partial charge in [0.15, 0.2) is 11.0 Å². The molecule has 0 bridgehead atoms. The molecule has 0 unspecified atom stereocenters. The molecule has 0 saturated heterocycles. The van der Waals surface area contributed by atoms with E-state index in [9.17, 15) is 9.59 Å². The van der Waals surface area contributed by atoms with Crippen LogP contribution in [0.4, 0.5) is 0 Å². The number of aromatic nitrogens is 3. The summed E-state index contributed by atoms with van der Waals surface area (Å²) in [6, 6.07) is 14.0. The number of para-hydroxylation sites is 1. The number of benzene rings is 2. The van der Waals surface area contributed by atoms with E-state index in [0.717, 1.165) is 5.56 Å². The third-order valence-electron chi connectivity index (χ3n) is 4.14. The number of hydrogen-bond acceptors (Lipinski definition) is 6. The molecule has 0 aliphatic heterocycles. The first-order valence-corrected chi connectivity index (χ1v) is 10.6. The van der Waals surface area contributed by atoms with E-state index >= 15 is 0 Å². The van der Waals surface area contributed by atoms with Gasteiger partial charge in [0, 0.05) is 6.54 Å². The molecular weight excluding hydrogens is 438 g/mol. The Balaban J connectivity index is 1.65. The zero-order valence-electron chi connectivity index (χ0n) is 16.7. The van der Waals surface area contributed by atoms with E-state index in [1.807, 2.05) is 28.8 Å². The smallest absolute Gasteiger partial charge is 0.271 e. The molecule has 1 heterocycles. The molecule has 2 aromatic carbocycles. The first-order valence-electron chi connectivity index (χ1n) is 9.19. The van der Waals surface area contributed by atoms with Crippen molar-refractivity contribution in [2.24, 2.45) is 0 Å². The Kier molecular flexibility index (Phi) is 7.69. The van der Waals surface area contributed by atoms with Gasteiger partial charge in [-0.3, -0.25) is 25.0 Å². The molecule has 2 N–H and O–H groups in total. The molecule has 8 nitrogen and oxygen atoms in total. The van der Waals surface area contributed by atoms with E-state index in [1.165, 1.54) is 11.8 Å². The predicted molar refractivity (Wildman–Crippen MR) is 120 cm³/mol. The van der Waals surface area contributed by atoms with Gasteiger partial charge in [-0.1, -0.05) is 53.7 Å². The average Bonchev–Trinajstić information content (AvgIpc) is 3.19. The van der Waals surface area contributed by atoms with Crippen molar-refractivity contribution in [3.63, 3.8) is 0 Å². The molecule has 160 valence electrons. The van der Waals surface area contributed by atoms with Gasteiger partial charge in [0.25, 0.3) is 5.91 Å². The normalized spacial score (nSPS) is 10.4. The van der Waals surface area contributed by atoms with Crippen LogP contribution in [0.25, 0.3) is 11.4 Å². The van der Waals surface area contributed by atoms with E-state index in [1.54, 1.807) is 37.5 Å². The van der Waals surface area contributed by atoms with E-state index in [0.29, 0.717) is 28.3 Å². The summed E-state index contributed by atoms with van der Waals surface area (Å²) < 4.78 is 7.25. The molecule has 0 fully saturated rings. The molecule has 10 heteroatoms. The highest BCUT2D eigenvalue weighted by Crippen LogP contribution is 2.30. The van der Waals surface area contributed by atoms with Crippen molar-refractivity contribution in [2.45, 2.75) is 11.7 Å². The SMILES string of the molecule is C=CCn1c(SCC(=O)NNC(=O)c2ccccc2Cl)nnc1-c1ccccc1OC. The third kappa shape index (κ3) is 5.44. The van der Waals surface area contributed by atoms with E-state index < -0.39 is 11.8 Å². The number of halogens is 1. The Bertz CT molecular complexity index is 1100. The van der Waals surface area contributed by atoms with Crippen molar-refractivity contribution >= 4 is 35.2 Å². The number of hydrazine groups is 1. The minimum Gasteiger partial charge on any atom is -0.496 e. The first kappa shape index (κ1) is 22.4. The standard InChI is InChI=1S/C21H20ClN5O3S/c1-3-12-27-19(15-9-5-7-11-17(15)30-2)24-26-21(27)31-13-18(28)23-25-20(29)14-8-4-6-10-16(14)22/h3-11H,1,12-13H2,2H3,(H,23,28)(H,25,29). The summed E-state index contributed by atoms with van der Waals surface area (Å²) >= 11 is 7.17. The van der Waals surface area contributed by atoms with Crippen molar-refractivity contribution in [3.05, 3.63) is 71.8 Å². The van der Waals surface area contributed by atoms with Gasteiger partial charge >= 0.3 is 0 Å². The first-order chi connectivity index (χ1) is 15.0. The van der Waals surface area contributed by atoms with Crippen LogP contribution in [0.1, 0.15) is 10.4 Å². The number of nitrogens with one attached hydrogen (secondary N) is 2. The van der Waals surface area contributed by atoms with Crippen LogP contribution in [0, 0.1) is 0 Å². The fourth-order valence-corrected chi connectivity index (χ4v) is 3.69. The summed E-state index contributed by atoms with van der Waals surface area (Å²) in [6.07, 6.45) is 1.72. The summed E-state index contributed by atoms with van der Waals surface area (Å²) in [5, 5.41) is 9.30. The van der Waals surface area contributed by atoms with Gasteiger partial charge in [0.2, 0.25) is 5.91 Å². The average molecular weight is 458 g/mol. The maximum Gasteiger partial charge on any atom is 0.271 e. The molecule has 0 saturated carbocycles. The van der Waals surface area contributed by atoms with Crippen molar-refractivity contribution in [1.29, 1.82) is 0 Å². The van der Waals surface area contributed by atoms with Crippen molar-refractivity contribution < 1.29 is 14.3 Å². The predicted octanol–water partition coefficient (Wildman–Crippen LogP) is 3.35. The lowest BCUT2D eigenvalue weighted by Crippen LogP contribution is -2.42. The second kappa shape index (κ2) is 10.6. The number of rotatable bonds is 8. The number of allylic oxidation sites excluding steroid dienone is 1. The topological polar surface area (TPSA) is 98.1 Å². The number of amides is 2. The Morgan fingerprint density at radius 3 is 2.65 bits per heavy atom. The van der Waals surface area contributed by atoms with Gasteiger partial charge in [-0.15, -0.1) is 16.8 Å². The van der Waals surface area contributed by atoms with E-state index in [2.05, 4.69) is 27.6 Å². The number of ether oxygens (including phenoxy) is 1. The molecule has 0 atom stereocenters. The van der Waals surface area contributed by atoms with E-state index in [-0.39, 0.29) is 11.3 Å². The van der Waals surface area contributed by atoms with Crippen molar-refractivity contribution in [3.8, 4) is 17.1 Å². The fraction of sp³-hybridized carbons (Fsp3) is 0.143. The minimum atomic E-state index is -0.503. The molecule has 0 spiro atoms. The highest BCUT2D eigenvalue weighted by atomic mass is 35.5. The number of thioether (sulfide) groups is 1.